The molecule has 0 N–H and O–H groups in total. The largest absolute Gasteiger partial charge is 1.00 e. The van der Waals surface area contributed by atoms with E-state index in [-0.39, 0.29) is 24.8 Å². The molecule has 2 atom stereocenters. The molecule has 0 saturated carbocycles. The first-order chi connectivity index (χ1) is 13.9. The summed E-state index contributed by atoms with van der Waals surface area (Å²) < 4.78 is 3.47. The van der Waals surface area contributed by atoms with E-state index in [1.54, 1.807) is 0 Å². The van der Waals surface area contributed by atoms with E-state index in [4.69, 9.17) is 0 Å². The summed E-state index contributed by atoms with van der Waals surface area (Å²) in [6.07, 6.45) is 9.16. The van der Waals surface area contributed by atoms with Crippen LogP contribution in [-0.2, 0) is 23.2 Å². The van der Waals surface area contributed by atoms with Crippen LogP contribution in [0.3, 0.4) is 0 Å². The maximum Gasteiger partial charge on any atom is -1.00 e. The van der Waals surface area contributed by atoms with Gasteiger partial charge in [-0.1, -0.05) is 0 Å². The van der Waals surface area contributed by atoms with Crippen LogP contribution in [0.2, 0.25) is 0 Å². The van der Waals surface area contributed by atoms with Gasteiger partial charge in [0.05, 0.1) is 0 Å². The Morgan fingerprint density at radius 2 is 1.47 bits per heavy atom. The van der Waals surface area contributed by atoms with Crippen molar-refractivity contribution in [2.24, 2.45) is 0 Å². The second kappa shape index (κ2) is 8.67. The molecule has 0 spiro atoms. The SMILES string of the molecule is C1=C[CH]([Zr+2][CH]2C(n3cnc4ccccc43)=Cc3ccccc32)c2ccccc21.[Cl-].[Cl-]. The fraction of sp³-hybridized carbons (Fsp3) is 0.0800. The molecule has 3 aromatic carbocycles. The summed E-state index contributed by atoms with van der Waals surface area (Å²) in [7, 11) is 0. The van der Waals surface area contributed by atoms with Crippen molar-refractivity contribution in [3.05, 3.63) is 107 Å². The number of fused-ring (bicyclic) bond motifs is 3. The molecule has 2 aliphatic carbocycles. The third kappa shape index (κ3) is 3.44. The minimum Gasteiger partial charge on any atom is -1.00 e. The van der Waals surface area contributed by atoms with Gasteiger partial charge in [0.1, 0.15) is 0 Å². The number of rotatable bonds is 3. The van der Waals surface area contributed by atoms with E-state index in [0.29, 0.717) is 7.25 Å². The normalized spacial score (nSPS) is 18.1. The Labute approximate surface area is 200 Å². The van der Waals surface area contributed by atoms with Gasteiger partial charge in [-0.2, -0.15) is 0 Å². The summed E-state index contributed by atoms with van der Waals surface area (Å²) in [5.41, 5.74) is 9.46. The molecule has 0 amide bonds. The summed E-state index contributed by atoms with van der Waals surface area (Å²) in [5.74, 6) is 0. The van der Waals surface area contributed by atoms with Crippen molar-refractivity contribution >= 4 is 28.9 Å². The number of hydrogen-bond acceptors (Lipinski definition) is 1. The van der Waals surface area contributed by atoms with Crippen molar-refractivity contribution in [1.29, 1.82) is 0 Å². The fourth-order valence-corrected chi connectivity index (χ4v) is 8.96. The van der Waals surface area contributed by atoms with Crippen LogP contribution in [0.4, 0.5) is 0 Å². The molecule has 1 heterocycles. The summed E-state index contributed by atoms with van der Waals surface area (Å²) in [5, 5.41) is 0. The zero-order valence-electron chi connectivity index (χ0n) is 16.0. The first-order valence-corrected chi connectivity index (χ1v) is 12.5. The van der Waals surface area contributed by atoms with Crippen LogP contribution in [0.5, 0.6) is 0 Å². The van der Waals surface area contributed by atoms with Gasteiger partial charge >= 0.3 is 176 Å². The average Bonchev–Trinajstić information content (AvgIpc) is 3.44. The number of halogens is 2. The van der Waals surface area contributed by atoms with Gasteiger partial charge in [0, 0.05) is 0 Å². The monoisotopic (exact) mass is 506 g/mol. The summed E-state index contributed by atoms with van der Waals surface area (Å²) in [6, 6.07) is 26.2. The fourth-order valence-electron chi connectivity index (χ4n) is 4.43. The van der Waals surface area contributed by atoms with E-state index in [2.05, 4.69) is 101 Å². The third-order valence-corrected chi connectivity index (χ3v) is 10.2. The summed E-state index contributed by atoms with van der Waals surface area (Å²) in [4.78, 5) is 4.66. The Bertz CT molecular complexity index is 1270. The molecule has 0 bridgehead atoms. The molecule has 30 heavy (non-hydrogen) atoms. The molecule has 2 unspecified atom stereocenters. The molecule has 0 saturated heterocycles. The molecule has 2 nitrogen and oxygen atoms in total. The second-order valence-electron chi connectivity index (χ2n) is 7.37. The molecular formula is C25H18Cl2N2Zr. The Balaban J connectivity index is 0.00000109. The molecule has 5 heteroatoms. The Hall–Kier alpha value is -1.93. The van der Waals surface area contributed by atoms with Crippen LogP contribution in [-0.4, -0.2) is 9.55 Å². The van der Waals surface area contributed by atoms with E-state index < -0.39 is 23.2 Å². The number of imidazole rings is 1. The molecule has 4 aromatic rings. The topological polar surface area (TPSA) is 17.8 Å². The van der Waals surface area contributed by atoms with Gasteiger partial charge in [0.25, 0.3) is 0 Å². The van der Waals surface area contributed by atoms with Crippen LogP contribution < -0.4 is 24.8 Å². The molecule has 0 fully saturated rings. The van der Waals surface area contributed by atoms with E-state index >= 15 is 0 Å². The molecule has 1 aromatic heterocycles. The molecular weight excluding hydrogens is 490 g/mol. The minimum atomic E-state index is -0.843. The van der Waals surface area contributed by atoms with Gasteiger partial charge in [-0.05, 0) is 0 Å². The van der Waals surface area contributed by atoms with Crippen molar-refractivity contribution < 1.29 is 48.0 Å². The Morgan fingerprint density at radius 3 is 2.33 bits per heavy atom. The minimum absolute atomic E-state index is 0. The third-order valence-electron chi connectivity index (χ3n) is 5.78. The van der Waals surface area contributed by atoms with Gasteiger partial charge in [0.15, 0.2) is 0 Å². The number of para-hydroxylation sites is 2. The van der Waals surface area contributed by atoms with E-state index in [0.717, 1.165) is 5.52 Å². The van der Waals surface area contributed by atoms with Crippen LogP contribution in [0, 0.1) is 0 Å². The van der Waals surface area contributed by atoms with E-state index in [1.807, 2.05) is 6.33 Å². The zero-order valence-corrected chi connectivity index (χ0v) is 20.0. The van der Waals surface area contributed by atoms with Crippen molar-refractivity contribution in [3.63, 3.8) is 0 Å². The van der Waals surface area contributed by atoms with Crippen molar-refractivity contribution in [3.8, 4) is 0 Å². The van der Waals surface area contributed by atoms with E-state index in [1.165, 1.54) is 33.5 Å². The summed E-state index contributed by atoms with van der Waals surface area (Å²) in [6.45, 7) is 0. The van der Waals surface area contributed by atoms with Crippen LogP contribution in [0.1, 0.15) is 29.5 Å². The van der Waals surface area contributed by atoms with Crippen molar-refractivity contribution in [2.75, 3.05) is 0 Å². The molecule has 6 rings (SSSR count). The number of allylic oxidation sites excluding steroid dienone is 2. The summed E-state index contributed by atoms with van der Waals surface area (Å²) >= 11 is -0.843. The number of hydrogen-bond donors (Lipinski definition) is 0. The van der Waals surface area contributed by atoms with Crippen LogP contribution in [0.25, 0.3) is 28.9 Å². The maximum atomic E-state index is 4.66. The average molecular weight is 509 g/mol. The maximum absolute atomic E-state index is 4.66. The smallest absolute Gasteiger partial charge is 1.00 e. The Morgan fingerprint density at radius 1 is 0.767 bits per heavy atom. The van der Waals surface area contributed by atoms with Gasteiger partial charge < -0.3 is 24.8 Å². The predicted molar refractivity (Wildman–Crippen MR) is 111 cm³/mol. The van der Waals surface area contributed by atoms with Gasteiger partial charge in [-0.15, -0.1) is 0 Å². The number of benzene rings is 3. The van der Waals surface area contributed by atoms with Crippen molar-refractivity contribution in [2.45, 2.75) is 7.25 Å². The van der Waals surface area contributed by atoms with Gasteiger partial charge in [-0.3, -0.25) is 0 Å². The number of nitrogens with zero attached hydrogens (tertiary/aromatic N) is 2. The molecule has 0 aliphatic heterocycles. The standard InChI is InChI=1S/C16H11N2.C9H7.2ClH.Zr/c1-2-6-13-10-14(9-12(13)5-1)18-11-17-15-7-3-4-8-16(15)18;1-2-5-9-7-3-6-8(9)4-1;;;/h1-11H;1-7H;2*1H;/q;;;;+2/p-2. The first kappa shape index (κ1) is 21.3. The number of aromatic nitrogens is 2. The van der Waals surface area contributed by atoms with Gasteiger partial charge in [0.2, 0.25) is 0 Å². The zero-order chi connectivity index (χ0) is 18.5. The molecule has 146 valence electrons. The molecule has 0 radical (unpaired) electrons. The Kier molecular flexibility index (Phi) is 6.16. The van der Waals surface area contributed by atoms with Crippen LogP contribution in [0.15, 0.2) is 85.2 Å². The predicted octanol–water partition coefficient (Wildman–Crippen LogP) is -0.0523. The van der Waals surface area contributed by atoms with Gasteiger partial charge in [-0.25, -0.2) is 0 Å². The first-order valence-electron chi connectivity index (χ1n) is 9.65. The second-order valence-corrected chi connectivity index (χ2v) is 11.1. The van der Waals surface area contributed by atoms with Crippen LogP contribution >= 0.6 is 0 Å². The van der Waals surface area contributed by atoms with E-state index in [9.17, 15) is 0 Å². The molecule has 2 aliphatic rings. The van der Waals surface area contributed by atoms with Crippen molar-refractivity contribution in [1.82, 2.24) is 9.55 Å². The quantitative estimate of drug-likeness (QED) is 0.380.